The molecule has 0 radical (unpaired) electrons. The number of nitro groups is 1. The number of pyridine rings is 1. The fourth-order valence-corrected chi connectivity index (χ4v) is 2.51. The van der Waals surface area contributed by atoms with Crippen molar-refractivity contribution in [1.29, 1.82) is 0 Å². The van der Waals surface area contributed by atoms with Crippen molar-refractivity contribution < 1.29 is 9.49 Å². The number of nitrogens with zero attached hydrogens (tertiary/aromatic N) is 5. The van der Waals surface area contributed by atoms with Crippen molar-refractivity contribution in [2.24, 2.45) is 7.05 Å². The first kappa shape index (κ1) is 13.2. The first-order chi connectivity index (χ1) is 10.1. The highest BCUT2D eigenvalue weighted by Gasteiger charge is 2.33. The fraction of sp³-hybridized carbons (Fsp3) is 0.308. The van der Waals surface area contributed by atoms with E-state index in [4.69, 9.17) is 0 Å². The van der Waals surface area contributed by atoms with Crippen molar-refractivity contribution in [1.82, 2.24) is 14.8 Å². The maximum atomic E-state index is 11.3. The van der Waals surface area contributed by atoms with E-state index in [0.717, 1.165) is 11.1 Å². The molecule has 2 aromatic rings. The Hall–Kier alpha value is -2.77. The highest BCUT2D eigenvalue weighted by atomic mass is 16.6. The summed E-state index contributed by atoms with van der Waals surface area (Å²) in [5.41, 5.74) is 2.22. The predicted molar refractivity (Wildman–Crippen MR) is 73.8 cm³/mol. The lowest BCUT2D eigenvalue weighted by Crippen LogP contribution is -2.29. The molecular formula is C13H15N6O2+. The molecule has 108 valence electrons. The zero-order valence-corrected chi connectivity index (χ0v) is 11.7. The van der Waals surface area contributed by atoms with E-state index < -0.39 is 6.04 Å². The molecule has 21 heavy (non-hydrogen) atoms. The van der Waals surface area contributed by atoms with Gasteiger partial charge in [0.15, 0.2) is 18.4 Å². The molecule has 3 rings (SSSR count). The van der Waals surface area contributed by atoms with Gasteiger partial charge in [0, 0.05) is 18.1 Å². The Labute approximate surface area is 120 Å². The number of anilines is 1. The Kier molecular flexibility index (Phi) is 3.13. The lowest BCUT2D eigenvalue weighted by molar-refractivity contribution is -0.671. The first-order valence-corrected chi connectivity index (χ1v) is 6.51. The summed E-state index contributed by atoms with van der Waals surface area (Å²) >= 11 is 0. The normalized spacial score (nSPS) is 16.9. The number of allylic oxidation sites excluding steroid dienone is 1. The number of fused-ring (bicyclic) bond motifs is 1. The van der Waals surface area contributed by atoms with Crippen LogP contribution < -0.4 is 9.88 Å². The fourth-order valence-electron chi connectivity index (χ4n) is 2.51. The summed E-state index contributed by atoms with van der Waals surface area (Å²) in [6.45, 7) is 1.99. The van der Waals surface area contributed by atoms with Crippen molar-refractivity contribution in [2.45, 2.75) is 19.4 Å². The van der Waals surface area contributed by atoms with Gasteiger partial charge in [0.25, 0.3) is 5.70 Å². The van der Waals surface area contributed by atoms with Crippen molar-refractivity contribution in [3.05, 3.63) is 57.9 Å². The molecule has 0 bridgehead atoms. The van der Waals surface area contributed by atoms with E-state index in [1.54, 1.807) is 4.68 Å². The third kappa shape index (κ3) is 2.35. The van der Waals surface area contributed by atoms with E-state index >= 15 is 0 Å². The van der Waals surface area contributed by atoms with E-state index in [-0.39, 0.29) is 10.6 Å². The number of hydrogen-bond donors (Lipinski definition) is 1. The molecule has 1 atom stereocenters. The molecule has 0 fully saturated rings. The van der Waals surface area contributed by atoms with E-state index in [1.165, 1.54) is 12.5 Å². The van der Waals surface area contributed by atoms with Gasteiger partial charge < -0.3 is 5.32 Å². The molecule has 0 amide bonds. The molecule has 3 heterocycles. The molecular weight excluding hydrogens is 272 g/mol. The van der Waals surface area contributed by atoms with Gasteiger partial charge in [-0.2, -0.15) is 10.1 Å². The van der Waals surface area contributed by atoms with Crippen LogP contribution in [0.4, 0.5) is 5.95 Å². The zero-order valence-electron chi connectivity index (χ0n) is 11.7. The van der Waals surface area contributed by atoms with Gasteiger partial charge in [-0.25, -0.2) is 9.25 Å². The van der Waals surface area contributed by atoms with Crippen LogP contribution in [0.3, 0.4) is 0 Å². The molecule has 1 aliphatic rings. The lowest BCUT2D eigenvalue weighted by atomic mass is 10.0. The van der Waals surface area contributed by atoms with Gasteiger partial charge in [-0.3, -0.25) is 10.1 Å². The standard InChI is InChI=1S/C13H15N6O2/c1-9-7-17(2)4-3-10(9)5-11-12(19(20)21)6-14-13-15-8-16-18(11)13/h3-4,6-8,11H,5H2,1-2H3,(H,14,15,16)/q+1/t11-/m0/s1. The first-order valence-electron chi connectivity index (χ1n) is 6.51. The van der Waals surface area contributed by atoms with Crippen LogP contribution in [0.5, 0.6) is 0 Å². The van der Waals surface area contributed by atoms with Crippen molar-refractivity contribution in [2.75, 3.05) is 5.32 Å². The molecule has 0 saturated heterocycles. The third-order valence-corrected chi connectivity index (χ3v) is 3.60. The predicted octanol–water partition coefficient (Wildman–Crippen LogP) is 0.738. The van der Waals surface area contributed by atoms with Gasteiger partial charge in [-0.1, -0.05) is 0 Å². The van der Waals surface area contributed by atoms with Crippen LogP contribution in [-0.2, 0) is 13.5 Å². The number of aryl methyl sites for hydroxylation is 2. The zero-order chi connectivity index (χ0) is 15.0. The Bertz CT molecular complexity index is 736. The second-order valence-corrected chi connectivity index (χ2v) is 5.04. The van der Waals surface area contributed by atoms with Gasteiger partial charge in [-0.15, -0.1) is 0 Å². The SMILES string of the molecule is Cc1c[n+](C)ccc1C[C@H]1C([N+](=O)[O-])=CNc2ncnn21. The van der Waals surface area contributed by atoms with E-state index in [0.29, 0.717) is 12.4 Å². The van der Waals surface area contributed by atoms with Crippen LogP contribution in [-0.4, -0.2) is 19.7 Å². The Morgan fingerprint density at radius 2 is 2.38 bits per heavy atom. The number of aromatic nitrogens is 4. The smallest absolute Gasteiger partial charge is 0.286 e. The highest BCUT2D eigenvalue weighted by Crippen LogP contribution is 2.29. The molecule has 0 saturated carbocycles. The van der Waals surface area contributed by atoms with Gasteiger partial charge in [0.2, 0.25) is 5.95 Å². The number of nitrogens with one attached hydrogen (secondary N) is 1. The van der Waals surface area contributed by atoms with Crippen LogP contribution in [0.2, 0.25) is 0 Å². The molecule has 0 unspecified atom stereocenters. The molecule has 0 spiro atoms. The molecule has 0 aliphatic carbocycles. The monoisotopic (exact) mass is 287 g/mol. The molecule has 8 heteroatoms. The van der Waals surface area contributed by atoms with Crippen LogP contribution in [0, 0.1) is 17.0 Å². The minimum atomic E-state index is -0.467. The minimum absolute atomic E-state index is 0.0839. The molecule has 0 aromatic carbocycles. The quantitative estimate of drug-likeness (QED) is 0.511. The topological polar surface area (TPSA) is 89.8 Å². The van der Waals surface area contributed by atoms with Crippen molar-refractivity contribution in [3.8, 4) is 0 Å². The largest absolute Gasteiger partial charge is 0.325 e. The van der Waals surface area contributed by atoms with Crippen LogP contribution in [0.1, 0.15) is 17.2 Å². The number of hydrogen-bond acceptors (Lipinski definition) is 5. The van der Waals surface area contributed by atoms with Gasteiger partial charge in [0.1, 0.15) is 13.4 Å². The van der Waals surface area contributed by atoms with Crippen molar-refractivity contribution >= 4 is 5.95 Å². The second kappa shape index (κ2) is 4.97. The van der Waals surface area contributed by atoms with Crippen molar-refractivity contribution in [3.63, 3.8) is 0 Å². The molecule has 1 aliphatic heterocycles. The molecule has 8 nitrogen and oxygen atoms in total. The average molecular weight is 287 g/mol. The maximum absolute atomic E-state index is 11.3. The summed E-state index contributed by atoms with van der Waals surface area (Å²) < 4.78 is 3.51. The summed E-state index contributed by atoms with van der Waals surface area (Å²) in [6.07, 6.45) is 7.21. The minimum Gasteiger partial charge on any atom is -0.325 e. The van der Waals surface area contributed by atoms with E-state index in [2.05, 4.69) is 15.4 Å². The average Bonchev–Trinajstić information content (AvgIpc) is 2.90. The van der Waals surface area contributed by atoms with E-state index in [9.17, 15) is 10.1 Å². The summed E-state index contributed by atoms with van der Waals surface area (Å²) in [5, 5.41) is 18.2. The highest BCUT2D eigenvalue weighted by molar-refractivity contribution is 5.36. The Morgan fingerprint density at radius 3 is 3.10 bits per heavy atom. The number of rotatable bonds is 3. The third-order valence-electron chi connectivity index (χ3n) is 3.60. The molecule has 2 aromatic heterocycles. The lowest BCUT2D eigenvalue weighted by Gasteiger charge is -2.20. The van der Waals surface area contributed by atoms with Crippen LogP contribution >= 0.6 is 0 Å². The summed E-state index contributed by atoms with van der Waals surface area (Å²) in [5.74, 6) is 0.518. The van der Waals surface area contributed by atoms with E-state index in [1.807, 2.05) is 37.0 Å². The van der Waals surface area contributed by atoms with Gasteiger partial charge in [0.05, 0.1) is 11.1 Å². The van der Waals surface area contributed by atoms with Gasteiger partial charge >= 0.3 is 0 Å². The van der Waals surface area contributed by atoms with Crippen LogP contribution in [0.25, 0.3) is 0 Å². The molecule has 1 N–H and O–H groups in total. The summed E-state index contributed by atoms with van der Waals surface area (Å²) in [7, 11) is 1.94. The second-order valence-electron chi connectivity index (χ2n) is 5.04. The maximum Gasteiger partial charge on any atom is 0.286 e. The summed E-state index contributed by atoms with van der Waals surface area (Å²) in [6, 6.07) is 1.51. The van der Waals surface area contributed by atoms with Gasteiger partial charge in [-0.05, 0) is 12.5 Å². The Morgan fingerprint density at radius 1 is 1.57 bits per heavy atom. The Balaban J connectivity index is 1.99. The summed E-state index contributed by atoms with van der Waals surface area (Å²) in [4.78, 5) is 14.9. The van der Waals surface area contributed by atoms with Crippen LogP contribution in [0.15, 0.2) is 36.7 Å².